The van der Waals surface area contributed by atoms with Crippen molar-refractivity contribution in [3.8, 4) is 6.07 Å². The molecule has 0 aliphatic heterocycles. The average molecular weight is 248 g/mol. The van der Waals surface area contributed by atoms with Gasteiger partial charge in [-0.25, -0.2) is 0 Å². The largest absolute Gasteiger partial charge is 0.313 e. The van der Waals surface area contributed by atoms with Crippen LogP contribution in [0.15, 0.2) is 66.4 Å². The normalized spacial score (nSPS) is 10.6. The fraction of sp³-hybridized carbons (Fsp3) is 0. The van der Waals surface area contributed by atoms with E-state index in [-0.39, 0.29) is 11.6 Å². The van der Waals surface area contributed by atoms with Gasteiger partial charge in [0.1, 0.15) is 11.8 Å². The maximum atomic E-state index is 11.9. The number of carbonyl (C=O) groups excluding carboxylic acids is 1. The van der Waals surface area contributed by atoms with Gasteiger partial charge in [-0.1, -0.05) is 48.5 Å². The second-order valence-corrected chi connectivity index (χ2v) is 3.90. The third-order valence-corrected chi connectivity index (χ3v) is 2.52. The Labute approximate surface area is 111 Å². The van der Waals surface area contributed by atoms with E-state index >= 15 is 0 Å². The lowest BCUT2D eigenvalue weighted by molar-refractivity contribution is 0.0968. The van der Waals surface area contributed by atoms with Crippen LogP contribution in [-0.2, 0) is 0 Å². The molecule has 2 rings (SSSR count). The highest BCUT2D eigenvalue weighted by molar-refractivity contribution is 5.96. The first kappa shape index (κ1) is 12.6. The summed E-state index contributed by atoms with van der Waals surface area (Å²) < 4.78 is 0. The number of rotatable bonds is 3. The molecule has 0 atom stereocenters. The number of hydrogen-bond acceptors (Lipinski definition) is 2. The maximum Gasteiger partial charge on any atom is 0.256 e. The number of nitrogens with one attached hydrogen (secondary N) is 1. The number of nitrogens with zero attached hydrogens (tertiary/aromatic N) is 1. The minimum absolute atomic E-state index is 0.222. The molecule has 0 aliphatic rings. The topological polar surface area (TPSA) is 52.9 Å². The van der Waals surface area contributed by atoms with Gasteiger partial charge < -0.3 is 5.32 Å². The first-order valence-corrected chi connectivity index (χ1v) is 5.83. The highest BCUT2D eigenvalue weighted by atomic mass is 16.1. The van der Waals surface area contributed by atoms with Gasteiger partial charge in [-0.15, -0.1) is 0 Å². The van der Waals surface area contributed by atoms with Crippen molar-refractivity contribution in [1.82, 2.24) is 5.32 Å². The van der Waals surface area contributed by atoms with Crippen LogP contribution in [0, 0.1) is 11.3 Å². The van der Waals surface area contributed by atoms with E-state index in [1.165, 1.54) is 0 Å². The van der Waals surface area contributed by atoms with E-state index in [1.54, 1.807) is 30.3 Å². The second-order valence-electron chi connectivity index (χ2n) is 3.90. The van der Waals surface area contributed by atoms with E-state index in [2.05, 4.69) is 5.32 Å². The lowest BCUT2D eigenvalue weighted by Gasteiger charge is -2.03. The number of nitriles is 1. The van der Waals surface area contributed by atoms with Gasteiger partial charge in [-0.2, -0.15) is 5.26 Å². The van der Waals surface area contributed by atoms with Crippen molar-refractivity contribution in [3.63, 3.8) is 0 Å². The SMILES string of the molecule is N#C/C(=C/c1ccccc1)NC(=O)c1ccccc1. The number of hydrogen-bond donors (Lipinski definition) is 1. The fourth-order valence-corrected chi connectivity index (χ4v) is 1.60. The Kier molecular flexibility index (Phi) is 4.09. The quantitative estimate of drug-likeness (QED) is 0.849. The van der Waals surface area contributed by atoms with Gasteiger partial charge >= 0.3 is 0 Å². The molecule has 0 aliphatic carbocycles. The zero-order valence-electron chi connectivity index (χ0n) is 10.2. The van der Waals surface area contributed by atoms with Crippen LogP contribution in [-0.4, -0.2) is 5.91 Å². The van der Waals surface area contributed by atoms with Gasteiger partial charge in [0, 0.05) is 5.56 Å². The lowest BCUT2D eigenvalue weighted by Crippen LogP contribution is -2.21. The molecule has 0 saturated carbocycles. The van der Waals surface area contributed by atoms with Gasteiger partial charge in [0.2, 0.25) is 0 Å². The van der Waals surface area contributed by atoms with Gasteiger partial charge in [-0.05, 0) is 23.8 Å². The molecule has 0 aromatic heterocycles. The first-order chi connectivity index (χ1) is 9.29. The third-order valence-electron chi connectivity index (χ3n) is 2.52. The van der Waals surface area contributed by atoms with E-state index < -0.39 is 0 Å². The smallest absolute Gasteiger partial charge is 0.256 e. The van der Waals surface area contributed by atoms with Crippen molar-refractivity contribution in [3.05, 3.63) is 77.5 Å². The molecule has 1 N–H and O–H groups in total. The van der Waals surface area contributed by atoms with Crippen molar-refractivity contribution < 1.29 is 4.79 Å². The standard InChI is InChI=1S/C16H12N2O/c17-12-15(11-13-7-3-1-4-8-13)18-16(19)14-9-5-2-6-10-14/h1-11H,(H,18,19)/b15-11-. The lowest BCUT2D eigenvalue weighted by atomic mass is 10.2. The molecular weight excluding hydrogens is 236 g/mol. The van der Waals surface area contributed by atoms with Crippen LogP contribution in [0.2, 0.25) is 0 Å². The second kappa shape index (κ2) is 6.18. The van der Waals surface area contributed by atoms with Crippen molar-refractivity contribution in [1.29, 1.82) is 5.26 Å². The molecule has 0 spiro atoms. The van der Waals surface area contributed by atoms with E-state index in [4.69, 9.17) is 5.26 Å². The Bertz CT molecular complexity index is 625. The minimum Gasteiger partial charge on any atom is -0.313 e. The summed E-state index contributed by atoms with van der Waals surface area (Å²) in [6, 6.07) is 20.2. The van der Waals surface area contributed by atoms with E-state index in [1.807, 2.05) is 42.5 Å². The highest BCUT2D eigenvalue weighted by Gasteiger charge is 2.06. The number of benzene rings is 2. The van der Waals surface area contributed by atoms with Crippen molar-refractivity contribution in [2.75, 3.05) is 0 Å². The number of allylic oxidation sites excluding steroid dienone is 1. The predicted molar refractivity (Wildman–Crippen MR) is 73.9 cm³/mol. The van der Waals surface area contributed by atoms with Gasteiger partial charge in [-0.3, -0.25) is 4.79 Å². The van der Waals surface area contributed by atoms with Gasteiger partial charge in [0.05, 0.1) is 0 Å². The summed E-state index contributed by atoms with van der Waals surface area (Å²) in [4.78, 5) is 11.9. The molecule has 2 aromatic rings. The molecule has 92 valence electrons. The average Bonchev–Trinajstić information content (AvgIpc) is 2.48. The molecule has 2 aromatic carbocycles. The minimum atomic E-state index is -0.288. The van der Waals surface area contributed by atoms with Crippen LogP contribution in [0.25, 0.3) is 6.08 Å². The van der Waals surface area contributed by atoms with Crippen LogP contribution in [0.1, 0.15) is 15.9 Å². The molecule has 0 saturated heterocycles. The Balaban J connectivity index is 2.15. The molecule has 3 heteroatoms. The number of amides is 1. The highest BCUT2D eigenvalue weighted by Crippen LogP contribution is 2.05. The van der Waals surface area contributed by atoms with E-state index in [0.29, 0.717) is 5.56 Å². The predicted octanol–water partition coefficient (Wildman–Crippen LogP) is 2.98. The molecule has 0 heterocycles. The molecule has 19 heavy (non-hydrogen) atoms. The molecule has 1 amide bonds. The summed E-state index contributed by atoms with van der Waals surface area (Å²) in [6.45, 7) is 0. The molecule has 0 fully saturated rings. The zero-order chi connectivity index (χ0) is 13.5. The van der Waals surface area contributed by atoms with Crippen LogP contribution >= 0.6 is 0 Å². The molecule has 0 bridgehead atoms. The van der Waals surface area contributed by atoms with Crippen LogP contribution < -0.4 is 5.32 Å². The monoisotopic (exact) mass is 248 g/mol. The van der Waals surface area contributed by atoms with Crippen molar-refractivity contribution in [2.45, 2.75) is 0 Å². The summed E-state index contributed by atoms with van der Waals surface area (Å²) in [6.07, 6.45) is 1.64. The van der Waals surface area contributed by atoms with Crippen LogP contribution in [0.3, 0.4) is 0 Å². The Morgan fingerprint density at radius 3 is 2.16 bits per heavy atom. The summed E-state index contributed by atoms with van der Waals surface area (Å²) in [5.41, 5.74) is 1.61. The maximum absolute atomic E-state index is 11.9. The molecule has 0 radical (unpaired) electrons. The summed E-state index contributed by atoms with van der Waals surface area (Å²) >= 11 is 0. The molecule has 3 nitrogen and oxygen atoms in total. The zero-order valence-corrected chi connectivity index (χ0v) is 10.2. The van der Waals surface area contributed by atoms with Crippen LogP contribution in [0.5, 0.6) is 0 Å². The summed E-state index contributed by atoms with van der Waals surface area (Å²) in [5.74, 6) is -0.288. The Hall–Kier alpha value is -2.86. The summed E-state index contributed by atoms with van der Waals surface area (Å²) in [5, 5.41) is 11.6. The van der Waals surface area contributed by atoms with Gasteiger partial charge in [0.15, 0.2) is 0 Å². The fourth-order valence-electron chi connectivity index (χ4n) is 1.60. The molecule has 0 unspecified atom stereocenters. The Morgan fingerprint density at radius 2 is 1.58 bits per heavy atom. The number of carbonyl (C=O) groups is 1. The van der Waals surface area contributed by atoms with Crippen LogP contribution in [0.4, 0.5) is 0 Å². The van der Waals surface area contributed by atoms with Gasteiger partial charge in [0.25, 0.3) is 5.91 Å². The molecular formula is C16H12N2O. The Morgan fingerprint density at radius 1 is 1.00 bits per heavy atom. The van der Waals surface area contributed by atoms with Crippen molar-refractivity contribution >= 4 is 12.0 Å². The van der Waals surface area contributed by atoms with E-state index in [9.17, 15) is 4.79 Å². The summed E-state index contributed by atoms with van der Waals surface area (Å²) in [7, 11) is 0. The van der Waals surface area contributed by atoms with E-state index in [0.717, 1.165) is 5.56 Å². The first-order valence-electron chi connectivity index (χ1n) is 5.83. The van der Waals surface area contributed by atoms with Crippen molar-refractivity contribution in [2.24, 2.45) is 0 Å². The third kappa shape index (κ3) is 3.55.